The van der Waals surface area contributed by atoms with Crippen LogP contribution < -0.4 is 5.32 Å². The fraction of sp³-hybridized carbons (Fsp3) is 0.829. The number of nitrogens with one attached hydrogen (secondary N) is 1. The molecule has 8 amide bonds. The molecule has 0 aromatic heterocycles. The summed E-state index contributed by atoms with van der Waals surface area (Å²) in [5.74, 6) is -5.06. The van der Waals surface area contributed by atoms with E-state index in [1.54, 1.807) is 47.2 Å². The van der Waals surface area contributed by atoms with E-state index in [0.29, 0.717) is 12.8 Å². The SMILES string of the molecule is CC(C)[C@H](C(=O)[OH2+])N(C)C.CCC(C)[C@H](C(=O)N(C)CC(=O)O)N(C)C(=O)[C@@H](C(C)C)N(C)C(=O)[C@@H](C(C)C)N(C)C.CCC(C)[C@H](C(=O)N(C)CC(=O)OC)N(C)C(=O)[C@@H](C(C)C)N(C)C(=O)[C@@H](C(C)C)N(C)C.CN[C@@H](C(=O)N(C)[C@@H](C(=O)N(C)CC(=O)OC)C(C)C)C(C)C.P.P. The lowest BCUT2D eigenvalue weighted by atomic mass is 9.93. The molecule has 0 rings (SSSR count). The number of carbonyl (C=O) groups is 12. The van der Waals surface area contributed by atoms with Gasteiger partial charge >= 0.3 is 23.9 Å². The van der Waals surface area contributed by atoms with Crippen LogP contribution in [-0.4, -0.2) is 329 Å². The van der Waals surface area contributed by atoms with Gasteiger partial charge in [0.15, 0.2) is 6.04 Å². The van der Waals surface area contributed by atoms with Crippen molar-refractivity contribution in [3.8, 4) is 0 Å². The molecule has 4 N–H and O–H groups in total. The highest BCUT2D eigenvalue weighted by molar-refractivity contribution is 6.92. The van der Waals surface area contributed by atoms with E-state index in [-0.39, 0.29) is 152 Å². The highest BCUT2D eigenvalue weighted by atomic mass is 31.0. The Morgan fingerprint density at radius 3 is 0.750 bits per heavy atom. The first-order chi connectivity index (χ1) is 44.8. The molecule has 0 aromatic rings. The first kappa shape index (κ1) is 105. The van der Waals surface area contributed by atoms with Gasteiger partial charge in [0, 0.05) is 61.2 Å². The van der Waals surface area contributed by atoms with Gasteiger partial charge in [-0.25, -0.2) is 0 Å². The molecule has 0 aromatic carbocycles. The van der Waals surface area contributed by atoms with Gasteiger partial charge in [-0.15, -0.1) is 0 Å². The number of ether oxygens (including phenoxy) is 2. The van der Waals surface area contributed by atoms with Gasteiger partial charge in [0.2, 0.25) is 47.3 Å². The zero-order chi connectivity index (χ0) is 78.3. The van der Waals surface area contributed by atoms with Crippen LogP contribution in [0, 0.1) is 53.3 Å². The maximum absolute atomic E-state index is 13.7. The average molecular weight is 1470 g/mol. The first-order valence-corrected chi connectivity index (χ1v) is 34.1. The third-order valence-electron chi connectivity index (χ3n) is 17.6. The number of likely N-dealkylation sites (N-methyl/N-ethyl adjacent to an activating group) is 12. The minimum Gasteiger partial charge on any atom is -0.564 e. The first-order valence-electron chi connectivity index (χ1n) is 34.1. The van der Waals surface area contributed by atoms with E-state index >= 15 is 0 Å². The summed E-state index contributed by atoms with van der Waals surface area (Å²) in [6.45, 7) is 33.8. The molecule has 0 bridgehead atoms. The molecule has 0 aliphatic heterocycles. The van der Waals surface area contributed by atoms with E-state index in [2.05, 4.69) is 14.8 Å². The standard InChI is InChI=1S/C24H46N4O5.C23H44N4O5.C16H31N3O4.C7H15NO2.2H3P/c1-13-17(6)21(22(30)26(9)14-18(29)33-12)28(11)24(32)20(16(4)5)27(10)23(31)19(15(2)3)25(7)8;1-12-16(6)20(21(30)25(9)13-17(28)29)27(11)23(32)19(15(4)5)26(10)22(31)18(14(2)3)24(7)8;1-10(2)13(17-5)15(21)19(7)14(11(3)4)16(22)18(6)9-12(20)23-8;1-5(2)6(7(9)10)8(3)4;;/h15-17,19-21H,13-14H2,1-12H3;14-16,18-20H,12-13H2,1-11H3,(H,28,29);10-11,13-14,17H,9H2,1-8H3;5-6H,1-4H3,(H,9,10);2*1H3/p+1/t17?,19-,20-,21-;16?,18-,19-,20-;13-,14-;6-;;/m1111../s1. The van der Waals surface area contributed by atoms with E-state index in [0.717, 1.165) is 4.90 Å². The zero-order valence-corrected chi connectivity index (χ0v) is 71.3. The van der Waals surface area contributed by atoms with Crippen molar-refractivity contribution in [3.63, 3.8) is 0 Å². The number of methoxy groups -OCH3 is 2. The molecule has 28 nitrogen and oxygen atoms in total. The largest absolute Gasteiger partial charge is 0.564 e. The van der Waals surface area contributed by atoms with Crippen molar-refractivity contribution in [1.82, 2.24) is 59.2 Å². The van der Waals surface area contributed by atoms with Gasteiger partial charge in [-0.3, -0.25) is 67.4 Å². The second-order valence-electron chi connectivity index (χ2n) is 28.9. The van der Waals surface area contributed by atoms with Crippen molar-refractivity contribution in [2.75, 3.05) is 140 Å². The maximum atomic E-state index is 13.7. The lowest BCUT2D eigenvalue weighted by Gasteiger charge is -2.40. The summed E-state index contributed by atoms with van der Waals surface area (Å²) in [6.07, 6.45) is 1.30. The van der Waals surface area contributed by atoms with Crippen LogP contribution in [0.5, 0.6) is 0 Å². The van der Waals surface area contributed by atoms with Crippen molar-refractivity contribution in [1.29, 1.82) is 0 Å². The Hall–Kier alpha value is -5.66. The fourth-order valence-electron chi connectivity index (χ4n) is 12.2. The Morgan fingerprint density at radius 2 is 0.560 bits per heavy atom. The predicted octanol–water partition coefficient (Wildman–Crippen LogP) is 3.32. The number of aliphatic carboxylic acids is 1. The molecule has 30 heteroatoms. The number of esters is 2. The number of hydrogen-bond acceptors (Lipinski definition) is 18. The molecule has 0 heterocycles. The lowest BCUT2D eigenvalue weighted by molar-refractivity contribution is -0.156. The van der Waals surface area contributed by atoms with Crippen molar-refractivity contribution >= 4 is 90.9 Å². The molecule has 0 saturated heterocycles. The monoisotopic (exact) mass is 1470 g/mol. The predicted molar refractivity (Wildman–Crippen MR) is 406 cm³/mol. The van der Waals surface area contributed by atoms with Crippen molar-refractivity contribution < 1.29 is 77.2 Å². The maximum Gasteiger partial charge on any atom is 0.533 e. The lowest BCUT2D eigenvalue weighted by Crippen LogP contribution is -2.60. The van der Waals surface area contributed by atoms with E-state index in [1.807, 2.05) is 177 Å². The summed E-state index contributed by atoms with van der Waals surface area (Å²) >= 11 is 0. The van der Waals surface area contributed by atoms with Crippen LogP contribution in [0.3, 0.4) is 0 Å². The van der Waals surface area contributed by atoms with Crippen LogP contribution in [-0.2, 0) is 67.0 Å². The Kier molecular flexibility index (Phi) is 53.4. The third-order valence-corrected chi connectivity index (χ3v) is 17.6. The third kappa shape index (κ3) is 33.2. The molecule has 13 atom stereocenters. The second kappa shape index (κ2) is 50.7. The smallest absolute Gasteiger partial charge is 0.533 e. The van der Waals surface area contributed by atoms with E-state index in [9.17, 15) is 57.5 Å². The van der Waals surface area contributed by atoms with E-state index in [1.165, 1.54) is 69.7 Å². The highest BCUT2D eigenvalue weighted by Crippen LogP contribution is 2.25. The van der Waals surface area contributed by atoms with Crippen LogP contribution in [0.2, 0.25) is 0 Å². The summed E-state index contributed by atoms with van der Waals surface area (Å²) < 4.78 is 9.26. The highest BCUT2D eigenvalue weighted by Gasteiger charge is 2.44. The number of carboxylic acid groups (broad SMARTS) is 1. The average Bonchev–Trinajstić information content (AvgIpc) is 0.812. The number of rotatable bonds is 35. The van der Waals surface area contributed by atoms with Gasteiger partial charge in [0.1, 0.15) is 49.8 Å². The molecular formula is C70H143N12O16P2+. The van der Waals surface area contributed by atoms with Crippen LogP contribution in [0.1, 0.15) is 137 Å². The van der Waals surface area contributed by atoms with Crippen molar-refractivity contribution in [3.05, 3.63) is 0 Å². The van der Waals surface area contributed by atoms with Gasteiger partial charge in [0.05, 0.1) is 32.3 Å². The summed E-state index contributed by atoms with van der Waals surface area (Å²) in [6, 6.07) is -5.06. The van der Waals surface area contributed by atoms with Crippen LogP contribution in [0.15, 0.2) is 0 Å². The van der Waals surface area contributed by atoms with Gasteiger partial charge in [-0.1, -0.05) is 137 Å². The normalized spacial score (nSPS) is 14.4. The number of nitrogens with zero attached hydrogens (tertiary/aromatic N) is 11. The summed E-state index contributed by atoms with van der Waals surface area (Å²) in [5, 5.41) is 19.0. The Bertz CT molecular complexity index is 2500. The molecule has 0 aliphatic rings. The quantitative estimate of drug-likeness (QED) is 0.0522. The number of hydrogen-bond donors (Lipinski definition) is 2. The van der Waals surface area contributed by atoms with Crippen molar-refractivity contribution in [2.24, 2.45) is 53.3 Å². The fourth-order valence-corrected chi connectivity index (χ4v) is 12.2. The molecule has 4 unspecified atom stereocenters. The topological polar surface area (TPSA) is 314 Å². The van der Waals surface area contributed by atoms with Crippen LogP contribution in [0.4, 0.5) is 0 Å². The number of carbonyl (C=O) groups excluding carboxylic acids is 11. The van der Waals surface area contributed by atoms with Crippen LogP contribution in [0.25, 0.3) is 0 Å². The Morgan fingerprint density at radius 1 is 0.340 bits per heavy atom. The molecule has 588 valence electrons. The van der Waals surface area contributed by atoms with Crippen molar-refractivity contribution in [2.45, 2.75) is 192 Å². The van der Waals surface area contributed by atoms with Gasteiger partial charge in [-0.2, -0.15) is 19.8 Å². The van der Waals surface area contributed by atoms with Crippen LogP contribution >= 0.6 is 19.8 Å². The molecule has 0 radical (unpaired) electrons. The van der Waals surface area contributed by atoms with Gasteiger partial charge in [-0.05, 0) is 103 Å². The van der Waals surface area contributed by atoms with E-state index < -0.39 is 66.5 Å². The summed E-state index contributed by atoms with van der Waals surface area (Å²) in [7, 11) is 27.8. The molecule has 0 saturated carbocycles. The Labute approximate surface area is 609 Å². The summed E-state index contributed by atoms with van der Waals surface area (Å²) in [5.41, 5.74) is 0. The molecular weight excluding hydrogens is 1330 g/mol. The zero-order valence-electron chi connectivity index (χ0n) is 68.4. The second-order valence-corrected chi connectivity index (χ2v) is 28.9. The molecule has 100 heavy (non-hydrogen) atoms. The van der Waals surface area contributed by atoms with Gasteiger partial charge < -0.3 is 64.2 Å². The molecule has 0 aliphatic carbocycles. The number of carboxylic acids is 1. The number of amides is 8. The molecule has 0 spiro atoms. The van der Waals surface area contributed by atoms with Gasteiger partial charge in [0.25, 0.3) is 0 Å². The summed E-state index contributed by atoms with van der Waals surface area (Å²) in [4.78, 5) is 167. The minimum atomic E-state index is -1.12. The minimum absolute atomic E-state index is 0. The Balaban J connectivity index is -0.000000310. The van der Waals surface area contributed by atoms with E-state index in [4.69, 9.17) is 10.2 Å². The molecule has 0 fully saturated rings.